The van der Waals surface area contributed by atoms with Crippen LogP contribution in [0.15, 0.2) is 30.3 Å². The third-order valence-corrected chi connectivity index (χ3v) is 5.49. The predicted molar refractivity (Wildman–Crippen MR) is 99.3 cm³/mol. The fraction of sp³-hybridized carbons (Fsp3) is 0.650. The summed E-state index contributed by atoms with van der Waals surface area (Å²) >= 11 is 0. The predicted octanol–water partition coefficient (Wildman–Crippen LogP) is 1.69. The number of nitrogens with zero attached hydrogens (tertiary/aromatic N) is 3. The third kappa shape index (κ3) is 5.03. The maximum absolute atomic E-state index is 12.7. The van der Waals surface area contributed by atoms with Crippen molar-refractivity contribution in [3.05, 3.63) is 35.9 Å². The van der Waals surface area contributed by atoms with E-state index in [-0.39, 0.29) is 5.91 Å². The SMILES string of the molecule is COCCN(C)CC(=O)N1C[C@H]2CC[C@@H](C1)N(Cc1ccccc1)C2. The Hall–Kier alpha value is -1.43. The van der Waals surface area contributed by atoms with Gasteiger partial charge in [0.25, 0.3) is 0 Å². The van der Waals surface area contributed by atoms with Gasteiger partial charge in [-0.2, -0.15) is 0 Å². The lowest BCUT2D eigenvalue weighted by molar-refractivity contribution is -0.132. The molecule has 3 aliphatic rings. The van der Waals surface area contributed by atoms with Gasteiger partial charge in [-0.3, -0.25) is 14.6 Å². The van der Waals surface area contributed by atoms with Crippen molar-refractivity contribution < 1.29 is 9.53 Å². The molecule has 2 bridgehead atoms. The quantitative estimate of drug-likeness (QED) is 0.753. The van der Waals surface area contributed by atoms with Crippen LogP contribution >= 0.6 is 0 Å². The molecule has 3 heterocycles. The molecule has 1 aromatic carbocycles. The van der Waals surface area contributed by atoms with Crippen LogP contribution in [0.4, 0.5) is 0 Å². The summed E-state index contributed by atoms with van der Waals surface area (Å²) in [6, 6.07) is 11.2. The molecular formula is C20H31N3O2. The van der Waals surface area contributed by atoms with Gasteiger partial charge >= 0.3 is 0 Å². The van der Waals surface area contributed by atoms with Crippen LogP contribution in [0.5, 0.6) is 0 Å². The van der Waals surface area contributed by atoms with Gasteiger partial charge in [0, 0.05) is 45.9 Å². The molecule has 3 aliphatic heterocycles. The Morgan fingerprint density at radius 3 is 2.76 bits per heavy atom. The first-order valence-corrected chi connectivity index (χ1v) is 9.39. The summed E-state index contributed by atoms with van der Waals surface area (Å²) in [5.41, 5.74) is 1.37. The van der Waals surface area contributed by atoms with E-state index in [2.05, 4.69) is 45.0 Å². The maximum Gasteiger partial charge on any atom is 0.236 e. The van der Waals surface area contributed by atoms with Gasteiger partial charge in [0.2, 0.25) is 5.91 Å². The van der Waals surface area contributed by atoms with Crippen molar-refractivity contribution in [3.8, 4) is 0 Å². The standard InChI is InChI=1S/C20H31N3O2/c1-21(10-11-25-2)16-20(24)23-14-18-8-9-19(15-23)22(13-18)12-17-6-4-3-5-7-17/h3-7,18-19H,8-16H2,1-2H3/t18-,19-/m0/s1. The third-order valence-electron chi connectivity index (χ3n) is 5.49. The zero-order chi connectivity index (χ0) is 17.6. The Balaban J connectivity index is 1.58. The van der Waals surface area contributed by atoms with Gasteiger partial charge in [-0.15, -0.1) is 0 Å². The smallest absolute Gasteiger partial charge is 0.236 e. The zero-order valence-corrected chi connectivity index (χ0v) is 15.6. The number of ether oxygens (including phenoxy) is 1. The van der Waals surface area contributed by atoms with Gasteiger partial charge in [0.1, 0.15) is 0 Å². The molecule has 2 atom stereocenters. The molecule has 138 valence electrons. The van der Waals surface area contributed by atoms with Crippen LogP contribution in [0.1, 0.15) is 18.4 Å². The largest absolute Gasteiger partial charge is 0.383 e. The van der Waals surface area contributed by atoms with E-state index in [9.17, 15) is 4.79 Å². The lowest BCUT2D eigenvalue weighted by Crippen LogP contribution is -2.45. The van der Waals surface area contributed by atoms with Gasteiger partial charge < -0.3 is 9.64 Å². The second kappa shape index (κ2) is 8.79. The first kappa shape index (κ1) is 18.4. The number of likely N-dealkylation sites (N-methyl/N-ethyl adjacent to an activating group) is 1. The van der Waals surface area contributed by atoms with E-state index >= 15 is 0 Å². The average molecular weight is 345 g/mol. The van der Waals surface area contributed by atoms with E-state index in [0.717, 1.165) is 32.7 Å². The van der Waals surface area contributed by atoms with Crippen LogP contribution < -0.4 is 0 Å². The minimum Gasteiger partial charge on any atom is -0.383 e. The highest BCUT2D eigenvalue weighted by molar-refractivity contribution is 5.78. The van der Waals surface area contributed by atoms with Gasteiger partial charge in [0.15, 0.2) is 0 Å². The fourth-order valence-corrected chi connectivity index (χ4v) is 4.05. The Morgan fingerprint density at radius 2 is 2.00 bits per heavy atom. The Labute approximate surface area is 151 Å². The van der Waals surface area contributed by atoms with E-state index in [1.807, 2.05) is 7.05 Å². The summed E-state index contributed by atoms with van der Waals surface area (Å²) in [4.78, 5) is 19.5. The van der Waals surface area contributed by atoms with Gasteiger partial charge in [-0.25, -0.2) is 0 Å². The van der Waals surface area contributed by atoms with Crippen molar-refractivity contribution >= 4 is 5.91 Å². The van der Waals surface area contributed by atoms with Gasteiger partial charge in [-0.05, 0) is 31.4 Å². The molecule has 0 aliphatic carbocycles. The number of piperidine rings is 1. The zero-order valence-electron chi connectivity index (χ0n) is 15.6. The van der Waals surface area contributed by atoms with Crippen LogP contribution in [0.3, 0.4) is 0 Å². The first-order valence-electron chi connectivity index (χ1n) is 9.39. The van der Waals surface area contributed by atoms with E-state index in [4.69, 9.17) is 4.74 Å². The van der Waals surface area contributed by atoms with E-state index in [1.54, 1.807) is 7.11 Å². The van der Waals surface area contributed by atoms with E-state index in [0.29, 0.717) is 25.1 Å². The summed E-state index contributed by atoms with van der Waals surface area (Å²) in [5, 5.41) is 0. The maximum atomic E-state index is 12.7. The molecule has 1 aromatic rings. The number of fused-ring (bicyclic) bond motifs is 4. The van der Waals surface area contributed by atoms with Crippen molar-refractivity contribution in [1.29, 1.82) is 0 Å². The minimum absolute atomic E-state index is 0.261. The number of carbonyl (C=O) groups is 1. The van der Waals surface area contributed by atoms with Crippen LogP contribution in [0.2, 0.25) is 0 Å². The number of hydrogen-bond donors (Lipinski definition) is 0. The van der Waals surface area contributed by atoms with Gasteiger partial charge in [0.05, 0.1) is 13.2 Å². The minimum atomic E-state index is 0.261. The molecule has 0 radical (unpaired) electrons. The van der Waals surface area contributed by atoms with Crippen LogP contribution in [0, 0.1) is 5.92 Å². The van der Waals surface area contributed by atoms with Crippen molar-refractivity contribution in [2.24, 2.45) is 5.92 Å². The number of hydrogen-bond acceptors (Lipinski definition) is 4. The lowest BCUT2D eigenvalue weighted by atomic mass is 9.94. The van der Waals surface area contributed by atoms with Crippen molar-refractivity contribution in [3.63, 3.8) is 0 Å². The summed E-state index contributed by atoms with van der Waals surface area (Å²) < 4.78 is 5.10. The molecule has 0 spiro atoms. The van der Waals surface area contributed by atoms with E-state index in [1.165, 1.54) is 18.4 Å². The van der Waals surface area contributed by atoms with Crippen molar-refractivity contribution in [2.75, 3.05) is 53.5 Å². The molecule has 3 saturated heterocycles. The molecule has 3 fully saturated rings. The number of benzene rings is 1. The number of amides is 1. The average Bonchev–Trinajstić information content (AvgIpc) is 2.93. The normalized spacial score (nSPS) is 23.9. The molecular weight excluding hydrogens is 314 g/mol. The number of methoxy groups -OCH3 is 1. The van der Waals surface area contributed by atoms with Gasteiger partial charge in [-0.1, -0.05) is 30.3 Å². The van der Waals surface area contributed by atoms with Crippen molar-refractivity contribution in [2.45, 2.75) is 25.4 Å². The fourth-order valence-electron chi connectivity index (χ4n) is 4.05. The molecule has 5 nitrogen and oxygen atoms in total. The molecule has 5 heteroatoms. The highest BCUT2D eigenvalue weighted by Crippen LogP contribution is 2.29. The number of rotatable bonds is 7. The number of carbonyl (C=O) groups excluding carboxylic acids is 1. The monoisotopic (exact) mass is 345 g/mol. The summed E-state index contributed by atoms with van der Waals surface area (Å²) in [5.74, 6) is 0.868. The molecule has 1 amide bonds. The Bertz CT molecular complexity index is 551. The van der Waals surface area contributed by atoms with Crippen LogP contribution in [-0.2, 0) is 16.1 Å². The molecule has 0 saturated carbocycles. The molecule has 0 unspecified atom stereocenters. The summed E-state index contributed by atoms with van der Waals surface area (Å²) in [6.07, 6.45) is 2.46. The Kier molecular flexibility index (Phi) is 6.45. The Morgan fingerprint density at radius 1 is 1.20 bits per heavy atom. The second-order valence-corrected chi connectivity index (χ2v) is 7.54. The van der Waals surface area contributed by atoms with Crippen LogP contribution in [-0.4, -0.2) is 80.1 Å². The summed E-state index contributed by atoms with van der Waals surface area (Å²) in [7, 11) is 3.69. The highest BCUT2D eigenvalue weighted by atomic mass is 16.5. The molecule has 0 aromatic heterocycles. The first-order chi connectivity index (χ1) is 12.2. The highest BCUT2D eigenvalue weighted by Gasteiger charge is 2.36. The summed E-state index contributed by atoms with van der Waals surface area (Å²) in [6.45, 7) is 5.85. The van der Waals surface area contributed by atoms with Crippen molar-refractivity contribution in [1.82, 2.24) is 14.7 Å². The molecule has 0 N–H and O–H groups in total. The molecule has 25 heavy (non-hydrogen) atoms. The van der Waals surface area contributed by atoms with E-state index < -0.39 is 0 Å². The second-order valence-electron chi connectivity index (χ2n) is 7.54. The molecule has 4 rings (SSSR count). The topological polar surface area (TPSA) is 36.0 Å². The van der Waals surface area contributed by atoms with Crippen LogP contribution in [0.25, 0.3) is 0 Å². The lowest BCUT2D eigenvalue weighted by Gasteiger charge is -2.36.